The highest BCUT2D eigenvalue weighted by molar-refractivity contribution is 7.80. The Hall–Kier alpha value is -2.27. The van der Waals surface area contributed by atoms with Gasteiger partial charge in [-0.1, -0.05) is 38.1 Å². The fourth-order valence-electron chi connectivity index (χ4n) is 2.69. The molecule has 0 aliphatic heterocycles. The van der Waals surface area contributed by atoms with Crippen molar-refractivity contribution in [1.29, 1.82) is 0 Å². The molecule has 0 bridgehead atoms. The number of benzene rings is 2. The molecule has 4 nitrogen and oxygen atoms in total. The van der Waals surface area contributed by atoms with Gasteiger partial charge < -0.3 is 20.1 Å². The number of rotatable bonds is 7. The molecule has 0 aliphatic carbocycles. The summed E-state index contributed by atoms with van der Waals surface area (Å²) in [6.45, 7) is 6.55. The van der Waals surface area contributed by atoms with Crippen LogP contribution in [0.1, 0.15) is 50.3 Å². The molecule has 5 heteroatoms. The van der Waals surface area contributed by atoms with Gasteiger partial charge in [0.25, 0.3) is 0 Å². The van der Waals surface area contributed by atoms with Gasteiger partial charge >= 0.3 is 0 Å². The van der Waals surface area contributed by atoms with Crippen LogP contribution in [-0.2, 0) is 0 Å². The molecule has 26 heavy (non-hydrogen) atoms. The van der Waals surface area contributed by atoms with Gasteiger partial charge in [0.1, 0.15) is 11.5 Å². The molecule has 2 aromatic carbocycles. The van der Waals surface area contributed by atoms with E-state index in [0.717, 1.165) is 17.9 Å². The van der Waals surface area contributed by atoms with Crippen LogP contribution in [0.3, 0.4) is 0 Å². The minimum Gasteiger partial charge on any atom is -0.497 e. The van der Waals surface area contributed by atoms with Crippen molar-refractivity contribution in [1.82, 2.24) is 5.32 Å². The lowest BCUT2D eigenvalue weighted by Gasteiger charge is -2.19. The van der Waals surface area contributed by atoms with E-state index >= 15 is 0 Å². The van der Waals surface area contributed by atoms with Gasteiger partial charge in [-0.2, -0.15) is 0 Å². The summed E-state index contributed by atoms with van der Waals surface area (Å²) < 4.78 is 10.6. The number of hydrogen-bond acceptors (Lipinski definition) is 3. The maximum Gasteiger partial charge on any atom is 0.171 e. The quantitative estimate of drug-likeness (QED) is 0.649. The van der Waals surface area contributed by atoms with Crippen LogP contribution in [0.5, 0.6) is 11.5 Å². The maximum absolute atomic E-state index is 5.46. The molecule has 2 rings (SSSR count). The van der Waals surface area contributed by atoms with Crippen molar-refractivity contribution in [2.45, 2.75) is 39.2 Å². The normalized spacial score (nSPS) is 12.8. The van der Waals surface area contributed by atoms with E-state index in [0.29, 0.717) is 16.8 Å². The van der Waals surface area contributed by atoms with E-state index in [1.54, 1.807) is 14.2 Å². The van der Waals surface area contributed by atoms with Crippen LogP contribution in [0.4, 0.5) is 5.69 Å². The Labute approximate surface area is 161 Å². The van der Waals surface area contributed by atoms with E-state index in [1.807, 2.05) is 18.2 Å². The second-order valence-corrected chi connectivity index (χ2v) is 6.77. The standard InChI is InChI=1S/C21H28N2O2S/c1-6-14(2)16-7-9-17(10-8-16)15(3)22-21(26)23-19-12-11-18(24-4)13-20(19)25-5/h7-15H,6H2,1-5H3,(H2,22,23,26). The van der Waals surface area contributed by atoms with Crippen LogP contribution in [-0.4, -0.2) is 19.3 Å². The molecule has 0 fully saturated rings. The summed E-state index contributed by atoms with van der Waals surface area (Å²) in [4.78, 5) is 0. The number of ether oxygens (including phenoxy) is 2. The van der Waals surface area contributed by atoms with Crippen molar-refractivity contribution >= 4 is 23.0 Å². The minimum atomic E-state index is 0.102. The summed E-state index contributed by atoms with van der Waals surface area (Å²) >= 11 is 5.46. The smallest absolute Gasteiger partial charge is 0.171 e. The van der Waals surface area contributed by atoms with E-state index in [9.17, 15) is 0 Å². The van der Waals surface area contributed by atoms with Gasteiger partial charge in [0.15, 0.2) is 5.11 Å². The van der Waals surface area contributed by atoms with Gasteiger partial charge in [-0.3, -0.25) is 0 Å². The van der Waals surface area contributed by atoms with Crippen molar-refractivity contribution in [3.05, 3.63) is 53.6 Å². The van der Waals surface area contributed by atoms with E-state index in [1.165, 1.54) is 11.1 Å². The Morgan fingerprint density at radius 2 is 1.65 bits per heavy atom. The number of anilines is 1. The third-order valence-electron chi connectivity index (χ3n) is 4.62. The Kier molecular flexibility index (Phi) is 7.27. The third kappa shape index (κ3) is 5.11. The monoisotopic (exact) mass is 372 g/mol. The zero-order chi connectivity index (χ0) is 19.1. The van der Waals surface area contributed by atoms with Crippen LogP contribution in [0.15, 0.2) is 42.5 Å². The zero-order valence-corrected chi connectivity index (χ0v) is 16.9. The summed E-state index contributed by atoms with van der Waals surface area (Å²) in [6.07, 6.45) is 1.14. The number of thiocarbonyl (C=S) groups is 1. The Balaban J connectivity index is 2.01. The lowest BCUT2D eigenvalue weighted by molar-refractivity contribution is 0.395. The van der Waals surface area contributed by atoms with Gasteiger partial charge in [-0.25, -0.2) is 0 Å². The number of nitrogens with one attached hydrogen (secondary N) is 2. The Morgan fingerprint density at radius 3 is 2.23 bits per heavy atom. The first kappa shape index (κ1) is 20.0. The highest BCUT2D eigenvalue weighted by Gasteiger charge is 2.11. The number of hydrogen-bond donors (Lipinski definition) is 2. The first-order valence-corrected chi connectivity index (χ1v) is 9.28. The van der Waals surface area contributed by atoms with E-state index in [4.69, 9.17) is 21.7 Å². The lowest BCUT2D eigenvalue weighted by atomic mass is 9.96. The predicted molar refractivity (Wildman–Crippen MR) is 112 cm³/mol. The summed E-state index contributed by atoms with van der Waals surface area (Å²) in [5, 5.41) is 7.06. The second-order valence-electron chi connectivity index (χ2n) is 6.36. The van der Waals surface area contributed by atoms with Crippen LogP contribution in [0.2, 0.25) is 0 Å². The zero-order valence-electron chi connectivity index (χ0n) is 16.1. The molecule has 0 saturated carbocycles. The second kappa shape index (κ2) is 9.43. The van der Waals surface area contributed by atoms with E-state index in [2.05, 4.69) is 55.7 Å². The van der Waals surface area contributed by atoms with Crippen LogP contribution in [0, 0.1) is 0 Å². The van der Waals surface area contributed by atoms with Crippen molar-refractivity contribution in [3.8, 4) is 11.5 Å². The van der Waals surface area contributed by atoms with E-state index in [-0.39, 0.29) is 6.04 Å². The van der Waals surface area contributed by atoms with Crippen molar-refractivity contribution < 1.29 is 9.47 Å². The molecule has 0 saturated heterocycles. The Morgan fingerprint density at radius 1 is 1.00 bits per heavy atom. The first-order chi connectivity index (χ1) is 12.5. The molecule has 0 heterocycles. The van der Waals surface area contributed by atoms with Crippen LogP contribution < -0.4 is 20.1 Å². The van der Waals surface area contributed by atoms with Crippen LogP contribution >= 0.6 is 12.2 Å². The first-order valence-electron chi connectivity index (χ1n) is 8.87. The molecule has 2 atom stereocenters. The molecule has 0 radical (unpaired) electrons. The topological polar surface area (TPSA) is 42.5 Å². The van der Waals surface area contributed by atoms with Gasteiger partial charge in [0, 0.05) is 6.07 Å². The molecule has 0 amide bonds. The molecule has 2 N–H and O–H groups in total. The molecular formula is C21H28N2O2S. The van der Waals surface area contributed by atoms with Crippen molar-refractivity contribution in [3.63, 3.8) is 0 Å². The molecular weight excluding hydrogens is 344 g/mol. The molecule has 140 valence electrons. The van der Waals surface area contributed by atoms with Gasteiger partial charge in [-0.05, 0) is 54.7 Å². The molecule has 0 aromatic heterocycles. The summed E-state index contributed by atoms with van der Waals surface area (Å²) in [6, 6.07) is 14.4. The average molecular weight is 373 g/mol. The third-order valence-corrected chi connectivity index (χ3v) is 4.84. The van der Waals surface area contributed by atoms with Gasteiger partial charge in [0.05, 0.1) is 25.9 Å². The summed E-state index contributed by atoms with van der Waals surface area (Å²) in [7, 11) is 3.25. The van der Waals surface area contributed by atoms with Gasteiger partial charge in [0.2, 0.25) is 0 Å². The predicted octanol–water partition coefficient (Wildman–Crippen LogP) is 5.26. The lowest BCUT2D eigenvalue weighted by Crippen LogP contribution is -2.31. The van der Waals surface area contributed by atoms with Crippen molar-refractivity contribution in [2.75, 3.05) is 19.5 Å². The molecule has 0 spiro atoms. The van der Waals surface area contributed by atoms with E-state index < -0.39 is 0 Å². The fraction of sp³-hybridized carbons (Fsp3) is 0.381. The van der Waals surface area contributed by atoms with Crippen LogP contribution in [0.25, 0.3) is 0 Å². The fourth-order valence-corrected chi connectivity index (χ4v) is 2.98. The largest absolute Gasteiger partial charge is 0.497 e. The highest BCUT2D eigenvalue weighted by atomic mass is 32.1. The molecule has 0 aliphatic rings. The molecule has 2 unspecified atom stereocenters. The summed E-state index contributed by atoms with van der Waals surface area (Å²) in [5.74, 6) is 2.00. The average Bonchev–Trinajstić information content (AvgIpc) is 2.67. The number of methoxy groups -OCH3 is 2. The highest BCUT2D eigenvalue weighted by Crippen LogP contribution is 2.29. The SMILES string of the molecule is CCC(C)c1ccc(C(C)NC(=S)Nc2ccc(OC)cc2OC)cc1. The Bertz CT molecular complexity index is 731. The van der Waals surface area contributed by atoms with Crippen molar-refractivity contribution in [2.24, 2.45) is 0 Å². The molecule has 2 aromatic rings. The summed E-state index contributed by atoms with van der Waals surface area (Å²) in [5.41, 5.74) is 3.36. The van der Waals surface area contributed by atoms with Gasteiger partial charge in [-0.15, -0.1) is 0 Å². The minimum absolute atomic E-state index is 0.102. The maximum atomic E-state index is 5.46.